The predicted molar refractivity (Wildman–Crippen MR) is 74.7 cm³/mol. The first-order chi connectivity index (χ1) is 9.91. The van der Waals surface area contributed by atoms with Crippen LogP contribution in [-0.4, -0.2) is 15.2 Å². The predicted octanol–water partition coefficient (Wildman–Crippen LogP) is 4.16. The number of rotatable bonds is 2. The van der Waals surface area contributed by atoms with E-state index < -0.39 is 11.9 Å². The van der Waals surface area contributed by atoms with Crippen LogP contribution in [-0.2, 0) is 6.18 Å². The van der Waals surface area contributed by atoms with Crippen molar-refractivity contribution in [1.82, 2.24) is 15.2 Å². The number of thiazole rings is 1. The Balaban J connectivity index is 1.84. The Labute approximate surface area is 121 Å². The third-order valence-corrected chi connectivity index (χ3v) is 3.66. The largest absolute Gasteiger partial charge is 0.435 e. The molecule has 2 heterocycles. The number of fused-ring (bicyclic) bond motifs is 1. The van der Waals surface area contributed by atoms with Gasteiger partial charge in [-0.1, -0.05) is 0 Å². The van der Waals surface area contributed by atoms with Crippen LogP contribution in [0.5, 0.6) is 0 Å². The summed E-state index contributed by atoms with van der Waals surface area (Å²) in [6.07, 6.45) is -4.48. The van der Waals surface area contributed by atoms with Crippen molar-refractivity contribution in [2.24, 2.45) is 0 Å². The monoisotopic (exact) mass is 310 g/mol. The molecule has 0 atom stereocenters. The molecule has 0 saturated heterocycles. The minimum absolute atomic E-state index is 0.253. The van der Waals surface area contributed by atoms with Gasteiger partial charge in [0.2, 0.25) is 0 Å². The summed E-state index contributed by atoms with van der Waals surface area (Å²) in [5, 5.41) is 10.6. The normalized spacial score (nSPS) is 11.8. The van der Waals surface area contributed by atoms with E-state index in [0.717, 1.165) is 27.0 Å². The molecule has 8 heteroatoms. The molecule has 3 rings (SSSR count). The summed E-state index contributed by atoms with van der Waals surface area (Å²) in [6.45, 7) is 1.92. The van der Waals surface area contributed by atoms with Crippen molar-refractivity contribution in [2.45, 2.75) is 13.1 Å². The van der Waals surface area contributed by atoms with Crippen LogP contribution in [0.25, 0.3) is 10.2 Å². The summed E-state index contributed by atoms with van der Waals surface area (Å²) in [5.41, 5.74) is 0.600. The molecule has 21 heavy (non-hydrogen) atoms. The number of aryl methyl sites for hydroxylation is 1. The highest BCUT2D eigenvalue weighted by atomic mass is 32.1. The van der Waals surface area contributed by atoms with Gasteiger partial charge in [-0.25, -0.2) is 4.98 Å². The summed E-state index contributed by atoms with van der Waals surface area (Å²) in [4.78, 5) is 4.34. The third-order valence-electron chi connectivity index (χ3n) is 2.72. The van der Waals surface area contributed by atoms with Gasteiger partial charge in [0.05, 0.1) is 15.2 Å². The Morgan fingerprint density at radius 3 is 2.57 bits per heavy atom. The number of anilines is 2. The number of hydrogen-bond acceptors (Lipinski definition) is 5. The van der Waals surface area contributed by atoms with E-state index in [2.05, 4.69) is 20.5 Å². The van der Waals surface area contributed by atoms with Crippen LogP contribution < -0.4 is 5.32 Å². The van der Waals surface area contributed by atoms with Crippen molar-refractivity contribution >= 4 is 33.1 Å². The van der Waals surface area contributed by atoms with Crippen LogP contribution in [0.4, 0.5) is 24.7 Å². The SMILES string of the molecule is Cc1nc2ccc(Nc3ccc(C(F)(F)F)nn3)cc2s1. The Bertz CT molecular complexity index is 780. The fourth-order valence-electron chi connectivity index (χ4n) is 1.82. The Hall–Kier alpha value is -2.22. The number of aromatic nitrogens is 3. The van der Waals surface area contributed by atoms with E-state index in [1.165, 1.54) is 6.07 Å². The molecular weight excluding hydrogens is 301 g/mol. The van der Waals surface area contributed by atoms with Crippen molar-refractivity contribution in [2.75, 3.05) is 5.32 Å². The molecule has 0 aliphatic rings. The molecule has 3 aromatic rings. The van der Waals surface area contributed by atoms with Crippen LogP contribution in [0.2, 0.25) is 0 Å². The molecule has 4 nitrogen and oxygen atoms in total. The van der Waals surface area contributed by atoms with E-state index in [4.69, 9.17) is 0 Å². The van der Waals surface area contributed by atoms with E-state index in [0.29, 0.717) is 0 Å². The van der Waals surface area contributed by atoms with Crippen molar-refractivity contribution in [3.63, 3.8) is 0 Å². The summed E-state index contributed by atoms with van der Waals surface area (Å²) in [7, 11) is 0. The summed E-state index contributed by atoms with van der Waals surface area (Å²) in [6, 6.07) is 7.65. The van der Waals surface area contributed by atoms with Gasteiger partial charge in [0, 0.05) is 5.69 Å². The van der Waals surface area contributed by atoms with E-state index in [9.17, 15) is 13.2 Å². The first-order valence-electron chi connectivity index (χ1n) is 5.97. The quantitative estimate of drug-likeness (QED) is 0.772. The van der Waals surface area contributed by atoms with Gasteiger partial charge >= 0.3 is 6.18 Å². The highest BCUT2D eigenvalue weighted by molar-refractivity contribution is 7.18. The van der Waals surface area contributed by atoms with Gasteiger partial charge in [0.25, 0.3) is 0 Å². The number of nitrogens with zero attached hydrogens (tertiary/aromatic N) is 3. The molecule has 0 aliphatic carbocycles. The minimum atomic E-state index is -4.48. The molecule has 0 aliphatic heterocycles. The first kappa shape index (κ1) is 13.7. The lowest BCUT2D eigenvalue weighted by Gasteiger charge is -2.07. The standard InChI is InChI=1S/C13H9F3N4S/c1-7-17-9-3-2-8(6-10(9)21-7)18-12-5-4-11(19-20-12)13(14,15)16/h2-6H,1H3,(H,18,20). The fraction of sp³-hybridized carbons (Fsp3) is 0.154. The second-order valence-electron chi connectivity index (χ2n) is 4.34. The molecule has 0 spiro atoms. The van der Waals surface area contributed by atoms with Crippen LogP contribution in [0.3, 0.4) is 0 Å². The zero-order chi connectivity index (χ0) is 15.0. The van der Waals surface area contributed by atoms with Crippen molar-refractivity contribution in [3.8, 4) is 0 Å². The van der Waals surface area contributed by atoms with Crippen molar-refractivity contribution in [1.29, 1.82) is 0 Å². The number of nitrogens with one attached hydrogen (secondary N) is 1. The molecule has 0 radical (unpaired) electrons. The number of hydrogen-bond donors (Lipinski definition) is 1. The van der Waals surface area contributed by atoms with Gasteiger partial charge in [0.15, 0.2) is 11.5 Å². The topological polar surface area (TPSA) is 50.7 Å². The van der Waals surface area contributed by atoms with E-state index in [1.807, 2.05) is 19.1 Å². The highest BCUT2D eigenvalue weighted by Crippen LogP contribution is 2.28. The molecule has 108 valence electrons. The maximum atomic E-state index is 12.4. The average Bonchev–Trinajstić information content (AvgIpc) is 2.78. The van der Waals surface area contributed by atoms with E-state index in [-0.39, 0.29) is 5.82 Å². The van der Waals surface area contributed by atoms with Crippen molar-refractivity contribution in [3.05, 3.63) is 41.0 Å². The van der Waals surface area contributed by atoms with E-state index >= 15 is 0 Å². The number of alkyl halides is 3. The molecular formula is C13H9F3N4S. The van der Waals surface area contributed by atoms with Gasteiger partial charge in [-0.3, -0.25) is 0 Å². The van der Waals surface area contributed by atoms with Crippen molar-refractivity contribution < 1.29 is 13.2 Å². The lowest BCUT2D eigenvalue weighted by molar-refractivity contribution is -0.141. The lowest BCUT2D eigenvalue weighted by atomic mass is 10.3. The smallest absolute Gasteiger partial charge is 0.339 e. The maximum Gasteiger partial charge on any atom is 0.435 e. The maximum absolute atomic E-state index is 12.4. The van der Waals surface area contributed by atoms with E-state index in [1.54, 1.807) is 17.4 Å². The summed E-state index contributed by atoms with van der Waals surface area (Å²) < 4.78 is 38.2. The van der Waals surface area contributed by atoms with Crippen LogP contribution in [0, 0.1) is 6.92 Å². The first-order valence-corrected chi connectivity index (χ1v) is 6.78. The molecule has 1 N–H and O–H groups in total. The fourth-order valence-corrected chi connectivity index (χ4v) is 2.68. The number of halogens is 3. The van der Waals surface area contributed by atoms with Crippen LogP contribution >= 0.6 is 11.3 Å². The van der Waals surface area contributed by atoms with Gasteiger partial charge in [-0.15, -0.1) is 21.5 Å². The molecule has 1 aromatic carbocycles. The highest BCUT2D eigenvalue weighted by Gasteiger charge is 2.32. The van der Waals surface area contributed by atoms with Gasteiger partial charge in [0.1, 0.15) is 0 Å². The van der Waals surface area contributed by atoms with Gasteiger partial charge in [-0.2, -0.15) is 13.2 Å². The second-order valence-corrected chi connectivity index (χ2v) is 5.58. The molecule has 2 aromatic heterocycles. The number of benzene rings is 1. The zero-order valence-corrected chi connectivity index (χ0v) is 11.6. The Morgan fingerprint density at radius 1 is 1.10 bits per heavy atom. The Morgan fingerprint density at radius 2 is 1.90 bits per heavy atom. The average molecular weight is 310 g/mol. The Kier molecular flexibility index (Phi) is 3.25. The summed E-state index contributed by atoms with van der Waals surface area (Å²) >= 11 is 1.55. The second kappa shape index (κ2) is 4.96. The van der Waals surface area contributed by atoms with Crippen LogP contribution in [0.15, 0.2) is 30.3 Å². The third kappa shape index (κ3) is 2.94. The minimum Gasteiger partial charge on any atom is -0.339 e. The zero-order valence-electron chi connectivity index (χ0n) is 10.8. The lowest BCUT2D eigenvalue weighted by Crippen LogP contribution is -2.09. The molecule has 0 unspecified atom stereocenters. The summed E-state index contributed by atoms with van der Waals surface area (Å²) in [5.74, 6) is 0.253. The molecule has 0 fully saturated rings. The molecule has 0 bridgehead atoms. The van der Waals surface area contributed by atoms with Gasteiger partial charge in [-0.05, 0) is 37.3 Å². The molecule has 0 saturated carbocycles. The van der Waals surface area contributed by atoms with Crippen LogP contribution in [0.1, 0.15) is 10.7 Å². The molecule has 0 amide bonds. The van der Waals surface area contributed by atoms with Gasteiger partial charge < -0.3 is 5.32 Å².